The summed E-state index contributed by atoms with van der Waals surface area (Å²) in [4.78, 5) is 31.5. The second kappa shape index (κ2) is 9.72. The maximum Gasteiger partial charge on any atom is 0.244 e. The summed E-state index contributed by atoms with van der Waals surface area (Å²) in [5.74, 6) is 0.703. The van der Waals surface area contributed by atoms with Crippen LogP contribution in [-0.2, 0) is 27.3 Å². The van der Waals surface area contributed by atoms with E-state index >= 15 is 0 Å². The molecule has 8 heteroatoms. The van der Waals surface area contributed by atoms with Gasteiger partial charge in [0.15, 0.2) is 0 Å². The van der Waals surface area contributed by atoms with Gasteiger partial charge in [-0.25, -0.2) is 4.98 Å². The van der Waals surface area contributed by atoms with Gasteiger partial charge in [-0.2, -0.15) is 0 Å². The van der Waals surface area contributed by atoms with Crippen LogP contribution in [0.15, 0.2) is 48.5 Å². The Kier molecular flexibility index (Phi) is 6.59. The number of imidazole rings is 1. The Labute approximate surface area is 181 Å². The van der Waals surface area contributed by atoms with Crippen LogP contribution in [0.5, 0.6) is 0 Å². The zero-order valence-electron chi connectivity index (χ0n) is 17.6. The number of carbonyl (C=O) groups excluding carboxylic acids is 2. The predicted octanol–water partition coefficient (Wildman–Crippen LogP) is 2.51. The van der Waals surface area contributed by atoms with Crippen molar-refractivity contribution < 1.29 is 14.3 Å². The second-order valence-electron chi connectivity index (χ2n) is 7.52. The smallest absolute Gasteiger partial charge is 0.244 e. The van der Waals surface area contributed by atoms with Crippen LogP contribution >= 0.6 is 0 Å². The molecule has 3 aromatic rings. The van der Waals surface area contributed by atoms with Gasteiger partial charge in [0.25, 0.3) is 0 Å². The average molecular weight is 422 g/mol. The first-order valence-electron chi connectivity index (χ1n) is 10.6. The van der Waals surface area contributed by atoms with Crippen molar-refractivity contribution >= 4 is 34.2 Å². The van der Waals surface area contributed by atoms with E-state index < -0.39 is 0 Å². The number of aromatic nitrogens is 2. The van der Waals surface area contributed by atoms with E-state index in [9.17, 15) is 9.59 Å². The fourth-order valence-corrected chi connectivity index (χ4v) is 3.72. The van der Waals surface area contributed by atoms with Crippen molar-refractivity contribution in [3.05, 3.63) is 54.4 Å². The summed E-state index contributed by atoms with van der Waals surface area (Å²) in [6, 6.07) is 15.0. The lowest BCUT2D eigenvalue weighted by atomic mass is 10.2. The average Bonchev–Trinajstić information content (AvgIpc) is 3.13. The van der Waals surface area contributed by atoms with Crippen molar-refractivity contribution in [1.82, 2.24) is 14.5 Å². The molecule has 2 aromatic carbocycles. The molecule has 0 bridgehead atoms. The van der Waals surface area contributed by atoms with Gasteiger partial charge in [-0.1, -0.05) is 19.1 Å². The van der Waals surface area contributed by atoms with E-state index in [1.54, 1.807) is 24.3 Å². The standard InChI is InChI=1S/C23H27N5O3/c1-2-21-26-19-5-3-4-6-20(19)28(21)16-23(30)25-18-9-7-17(8-10-18)24-22(29)15-27-11-13-31-14-12-27/h3-10H,2,11-16H2,1H3,(H,24,29)(H,25,30). The van der Waals surface area contributed by atoms with E-state index in [0.29, 0.717) is 31.1 Å². The van der Waals surface area contributed by atoms with E-state index in [1.165, 1.54) is 0 Å². The lowest BCUT2D eigenvalue weighted by Crippen LogP contribution is -2.41. The van der Waals surface area contributed by atoms with Crippen molar-refractivity contribution in [2.75, 3.05) is 43.5 Å². The Morgan fingerprint density at radius 3 is 2.19 bits per heavy atom. The fourth-order valence-electron chi connectivity index (χ4n) is 3.72. The first kappa shape index (κ1) is 21.0. The Bertz CT molecular complexity index is 1050. The van der Waals surface area contributed by atoms with Crippen LogP contribution in [0.4, 0.5) is 11.4 Å². The molecule has 2 N–H and O–H groups in total. The monoisotopic (exact) mass is 421 g/mol. The third-order valence-corrected chi connectivity index (χ3v) is 5.27. The predicted molar refractivity (Wildman–Crippen MR) is 120 cm³/mol. The van der Waals surface area contributed by atoms with Crippen molar-refractivity contribution in [3.63, 3.8) is 0 Å². The molecule has 1 aromatic heterocycles. The molecule has 2 amide bonds. The van der Waals surface area contributed by atoms with Gasteiger partial charge in [0, 0.05) is 30.9 Å². The highest BCUT2D eigenvalue weighted by Gasteiger charge is 2.15. The van der Waals surface area contributed by atoms with E-state index in [4.69, 9.17) is 4.74 Å². The van der Waals surface area contributed by atoms with Crippen LogP contribution < -0.4 is 10.6 Å². The van der Waals surface area contributed by atoms with Crippen molar-refractivity contribution in [2.24, 2.45) is 0 Å². The zero-order valence-corrected chi connectivity index (χ0v) is 17.6. The SMILES string of the molecule is CCc1nc2ccccc2n1CC(=O)Nc1ccc(NC(=O)CN2CCOCC2)cc1. The Morgan fingerprint density at radius 2 is 1.55 bits per heavy atom. The summed E-state index contributed by atoms with van der Waals surface area (Å²) in [6.45, 7) is 5.44. The van der Waals surface area contributed by atoms with Crippen LogP contribution in [0.3, 0.4) is 0 Å². The van der Waals surface area contributed by atoms with E-state index in [0.717, 1.165) is 36.4 Å². The van der Waals surface area contributed by atoms with Gasteiger partial charge < -0.3 is 19.9 Å². The van der Waals surface area contributed by atoms with Gasteiger partial charge in [0.05, 0.1) is 30.8 Å². The highest BCUT2D eigenvalue weighted by Crippen LogP contribution is 2.18. The van der Waals surface area contributed by atoms with Crippen LogP contribution in [0.25, 0.3) is 11.0 Å². The minimum atomic E-state index is -0.123. The first-order valence-corrected chi connectivity index (χ1v) is 10.6. The van der Waals surface area contributed by atoms with E-state index in [1.807, 2.05) is 35.8 Å². The maximum absolute atomic E-state index is 12.6. The van der Waals surface area contributed by atoms with Crippen LogP contribution in [0, 0.1) is 0 Å². The Hall–Kier alpha value is -3.23. The number of hydrogen-bond acceptors (Lipinski definition) is 5. The number of aryl methyl sites for hydroxylation is 1. The normalized spacial score (nSPS) is 14.5. The summed E-state index contributed by atoms with van der Waals surface area (Å²) >= 11 is 0. The molecule has 31 heavy (non-hydrogen) atoms. The van der Waals surface area contributed by atoms with Gasteiger partial charge in [-0.15, -0.1) is 0 Å². The number of ether oxygens (including phenoxy) is 1. The van der Waals surface area contributed by atoms with Gasteiger partial charge in [0.1, 0.15) is 12.4 Å². The molecule has 1 saturated heterocycles. The lowest BCUT2D eigenvalue weighted by Gasteiger charge is -2.25. The number of morpholine rings is 1. The largest absolute Gasteiger partial charge is 0.379 e. The van der Waals surface area contributed by atoms with Crippen LogP contribution in [-0.4, -0.2) is 59.1 Å². The van der Waals surface area contributed by atoms with Gasteiger partial charge in [-0.3, -0.25) is 14.5 Å². The number of para-hydroxylation sites is 2. The fraction of sp³-hybridized carbons (Fsp3) is 0.348. The lowest BCUT2D eigenvalue weighted by molar-refractivity contribution is -0.118. The molecular formula is C23H27N5O3. The molecule has 0 atom stereocenters. The van der Waals surface area contributed by atoms with Gasteiger partial charge in [0.2, 0.25) is 11.8 Å². The topological polar surface area (TPSA) is 88.5 Å². The highest BCUT2D eigenvalue weighted by atomic mass is 16.5. The van der Waals surface area contributed by atoms with Crippen molar-refractivity contribution in [3.8, 4) is 0 Å². The quantitative estimate of drug-likeness (QED) is 0.612. The van der Waals surface area contributed by atoms with Crippen molar-refractivity contribution in [1.29, 1.82) is 0 Å². The molecule has 1 fully saturated rings. The maximum atomic E-state index is 12.6. The summed E-state index contributed by atoms with van der Waals surface area (Å²) in [6.07, 6.45) is 0.751. The summed E-state index contributed by atoms with van der Waals surface area (Å²) in [5.41, 5.74) is 3.22. The molecule has 162 valence electrons. The molecule has 2 heterocycles. The molecule has 4 rings (SSSR count). The molecule has 1 aliphatic heterocycles. The summed E-state index contributed by atoms with van der Waals surface area (Å²) in [7, 11) is 0. The Balaban J connectivity index is 1.33. The van der Waals surface area contributed by atoms with Gasteiger partial charge in [-0.05, 0) is 36.4 Å². The molecule has 8 nitrogen and oxygen atoms in total. The minimum absolute atomic E-state index is 0.0576. The van der Waals surface area contributed by atoms with E-state index in [2.05, 4.69) is 20.5 Å². The molecule has 0 saturated carbocycles. The minimum Gasteiger partial charge on any atom is -0.379 e. The third kappa shape index (κ3) is 5.28. The molecule has 0 radical (unpaired) electrons. The molecule has 0 aliphatic carbocycles. The third-order valence-electron chi connectivity index (χ3n) is 5.27. The number of benzene rings is 2. The second-order valence-corrected chi connectivity index (χ2v) is 7.52. The Morgan fingerprint density at radius 1 is 0.935 bits per heavy atom. The number of nitrogens with one attached hydrogen (secondary N) is 2. The van der Waals surface area contributed by atoms with Crippen LogP contribution in [0.2, 0.25) is 0 Å². The number of amides is 2. The van der Waals surface area contributed by atoms with Crippen LogP contribution in [0.1, 0.15) is 12.7 Å². The zero-order chi connectivity index (χ0) is 21.6. The number of rotatable bonds is 7. The summed E-state index contributed by atoms with van der Waals surface area (Å²) < 4.78 is 7.25. The highest BCUT2D eigenvalue weighted by molar-refractivity contribution is 5.94. The van der Waals surface area contributed by atoms with E-state index in [-0.39, 0.29) is 18.4 Å². The number of fused-ring (bicyclic) bond motifs is 1. The first-order chi connectivity index (χ1) is 15.1. The number of hydrogen-bond donors (Lipinski definition) is 2. The number of carbonyl (C=O) groups is 2. The molecule has 0 spiro atoms. The molecule has 0 unspecified atom stereocenters. The van der Waals surface area contributed by atoms with Gasteiger partial charge >= 0.3 is 0 Å². The number of nitrogens with zero attached hydrogens (tertiary/aromatic N) is 3. The molecular weight excluding hydrogens is 394 g/mol. The van der Waals surface area contributed by atoms with Crippen molar-refractivity contribution in [2.45, 2.75) is 19.9 Å². The number of anilines is 2. The molecule has 1 aliphatic rings. The summed E-state index contributed by atoms with van der Waals surface area (Å²) in [5, 5.41) is 5.81.